The molecule has 1 saturated carbocycles. The number of hydrogen-bond donors (Lipinski definition) is 4. The summed E-state index contributed by atoms with van der Waals surface area (Å²) in [6.07, 6.45) is 10.4. The maximum atomic E-state index is 9.02. The molecule has 0 unspecified atom stereocenters. The van der Waals surface area contributed by atoms with Crippen LogP contribution < -0.4 is 16.4 Å². The minimum Gasteiger partial charge on any atom is -0.333 e. The lowest BCUT2D eigenvalue weighted by Gasteiger charge is -2.22. The number of nitrogens with one attached hydrogen (secondary N) is 2. The molecule has 6 nitrogen and oxygen atoms in total. The van der Waals surface area contributed by atoms with E-state index in [1.54, 1.807) is 0 Å². The Morgan fingerprint density at radius 2 is 1.67 bits per heavy atom. The molecular weight excluding hydrogens is 358 g/mol. The molecule has 0 amide bonds. The van der Waals surface area contributed by atoms with E-state index in [0.717, 1.165) is 35.7 Å². The van der Waals surface area contributed by atoms with Gasteiger partial charge in [-0.15, -0.1) is 0 Å². The van der Waals surface area contributed by atoms with E-state index in [9.17, 15) is 0 Å². The van der Waals surface area contributed by atoms with Gasteiger partial charge in [-0.1, -0.05) is 19.3 Å². The third kappa shape index (κ3) is 8.02. The van der Waals surface area contributed by atoms with E-state index in [-0.39, 0.29) is 0 Å². The number of nitrogens with zero attached hydrogens (tertiary/aromatic N) is 2. The molecule has 0 aliphatic heterocycles. The number of rotatable bonds is 6. The lowest BCUT2D eigenvalue weighted by atomic mass is 9.88. The van der Waals surface area contributed by atoms with Gasteiger partial charge in [0.25, 0.3) is 0 Å². The van der Waals surface area contributed by atoms with Crippen LogP contribution in [0.4, 0.5) is 0 Å². The fraction of sp³-hybridized carbons (Fsp3) is 0.550. The maximum Gasteiger partial charge on any atom is 0.116 e. The molecular formula is C20H35N5OS. The maximum absolute atomic E-state index is 9.02. The summed E-state index contributed by atoms with van der Waals surface area (Å²) in [6, 6.07) is 7.94. The first-order valence-electron chi connectivity index (χ1n) is 9.62. The highest BCUT2D eigenvalue weighted by molar-refractivity contribution is 7.93. The Kier molecular flexibility index (Phi) is 12.8. The van der Waals surface area contributed by atoms with Crippen LogP contribution in [0.3, 0.4) is 0 Å². The highest BCUT2D eigenvalue weighted by Gasteiger charge is 2.20. The molecule has 1 aromatic heterocycles. The van der Waals surface area contributed by atoms with Crippen molar-refractivity contribution in [3.8, 4) is 5.69 Å². The molecule has 0 spiro atoms. The van der Waals surface area contributed by atoms with E-state index >= 15 is 0 Å². The van der Waals surface area contributed by atoms with Gasteiger partial charge < -0.3 is 25.5 Å². The predicted molar refractivity (Wildman–Crippen MR) is 116 cm³/mol. The van der Waals surface area contributed by atoms with Crippen LogP contribution in [0.15, 0.2) is 41.6 Å². The number of nitrogens with two attached hydrogens (primary N) is 1. The molecule has 7 heteroatoms. The van der Waals surface area contributed by atoms with Crippen molar-refractivity contribution in [2.45, 2.75) is 42.9 Å². The van der Waals surface area contributed by atoms with Gasteiger partial charge in [0.1, 0.15) is 5.82 Å². The fourth-order valence-electron chi connectivity index (χ4n) is 3.11. The minimum atomic E-state index is 0.593. The highest BCUT2D eigenvalue weighted by atomic mass is 32.2. The smallest absolute Gasteiger partial charge is 0.116 e. The van der Waals surface area contributed by atoms with Crippen LogP contribution in [-0.4, -0.2) is 48.3 Å². The molecule has 1 aromatic carbocycles. The molecule has 3 rings (SSSR count). The third-order valence-electron chi connectivity index (χ3n) is 4.48. The molecule has 27 heavy (non-hydrogen) atoms. The summed E-state index contributed by atoms with van der Waals surface area (Å²) in [7, 11) is 5.38. The molecule has 152 valence electrons. The van der Waals surface area contributed by atoms with E-state index in [0.29, 0.717) is 5.92 Å². The Bertz CT molecular complexity index is 593. The van der Waals surface area contributed by atoms with Gasteiger partial charge in [0.15, 0.2) is 0 Å². The van der Waals surface area contributed by atoms with Gasteiger partial charge in [0.2, 0.25) is 0 Å². The van der Waals surface area contributed by atoms with Crippen LogP contribution in [0.1, 0.15) is 43.8 Å². The summed E-state index contributed by atoms with van der Waals surface area (Å²) in [5, 5.41) is 6.01. The summed E-state index contributed by atoms with van der Waals surface area (Å²) < 4.78 is 11.2. The molecule has 5 N–H and O–H groups in total. The molecule has 1 fully saturated rings. The van der Waals surface area contributed by atoms with Crippen molar-refractivity contribution in [1.29, 1.82) is 0 Å². The van der Waals surface area contributed by atoms with Crippen molar-refractivity contribution >= 4 is 12.0 Å². The fourth-order valence-corrected chi connectivity index (χ4v) is 3.37. The van der Waals surface area contributed by atoms with Crippen molar-refractivity contribution in [2.24, 2.45) is 5.73 Å². The first-order chi connectivity index (χ1) is 13.3. The van der Waals surface area contributed by atoms with Gasteiger partial charge in [-0.2, -0.15) is 0 Å². The number of benzene rings is 1. The summed E-state index contributed by atoms with van der Waals surface area (Å²) in [4.78, 5) is 5.43. The molecule has 1 aliphatic rings. The second-order valence-electron chi connectivity index (χ2n) is 6.28. The van der Waals surface area contributed by atoms with Gasteiger partial charge in [0.05, 0.1) is 0 Å². The number of imidazole rings is 1. The average molecular weight is 394 g/mol. The topological polar surface area (TPSA) is 88.1 Å². The highest BCUT2D eigenvalue weighted by Crippen LogP contribution is 2.32. The second-order valence-corrected chi connectivity index (χ2v) is 6.94. The molecule has 0 bridgehead atoms. The van der Waals surface area contributed by atoms with Gasteiger partial charge in [-0.3, -0.25) is 0 Å². The number of aromatic nitrogens is 2. The van der Waals surface area contributed by atoms with Crippen molar-refractivity contribution in [1.82, 2.24) is 20.2 Å². The average Bonchev–Trinajstić information content (AvgIpc) is 3.25. The minimum absolute atomic E-state index is 0.593. The van der Waals surface area contributed by atoms with E-state index in [2.05, 4.69) is 25.9 Å². The van der Waals surface area contributed by atoms with Gasteiger partial charge in [-0.05, 0) is 58.3 Å². The van der Waals surface area contributed by atoms with Crippen LogP contribution >= 0.6 is 12.0 Å². The predicted octanol–water partition coefficient (Wildman–Crippen LogP) is 3.49. The Morgan fingerprint density at radius 1 is 1.07 bits per heavy atom. The lowest BCUT2D eigenvalue weighted by Crippen LogP contribution is -2.21. The molecule has 0 atom stereocenters. The van der Waals surface area contributed by atoms with Crippen LogP contribution in [0, 0.1) is 0 Å². The first-order valence-corrected chi connectivity index (χ1v) is 10.4. The molecule has 0 radical (unpaired) electrons. The van der Waals surface area contributed by atoms with Gasteiger partial charge >= 0.3 is 0 Å². The second kappa shape index (κ2) is 14.6. The van der Waals surface area contributed by atoms with Crippen LogP contribution in [0.2, 0.25) is 0 Å². The van der Waals surface area contributed by atoms with Crippen molar-refractivity contribution in [3.63, 3.8) is 0 Å². The van der Waals surface area contributed by atoms with Gasteiger partial charge in [0, 0.05) is 54.0 Å². The monoisotopic (exact) mass is 393 g/mol. The zero-order chi connectivity index (χ0) is 19.9. The quantitative estimate of drug-likeness (QED) is 0.444. The zero-order valence-corrected chi connectivity index (χ0v) is 17.6. The van der Waals surface area contributed by atoms with Crippen molar-refractivity contribution in [2.75, 3.05) is 34.2 Å². The Morgan fingerprint density at radius 3 is 2.19 bits per heavy atom. The molecule has 1 aliphatic carbocycles. The van der Waals surface area contributed by atoms with E-state index < -0.39 is 0 Å². The Balaban J connectivity index is 0.000000392. The van der Waals surface area contributed by atoms with Crippen LogP contribution in [0.5, 0.6) is 0 Å². The zero-order valence-electron chi connectivity index (χ0n) is 16.8. The Hall–Kier alpha value is -1.38. The Labute approximate surface area is 168 Å². The van der Waals surface area contributed by atoms with E-state index in [4.69, 9.17) is 4.55 Å². The van der Waals surface area contributed by atoms with E-state index in [1.807, 2.05) is 50.8 Å². The SMILES string of the molecule is CN.CNCCNC.OSc1ccc(-n2ccnc2C2CCCCC2)cc1. The molecule has 0 saturated heterocycles. The third-order valence-corrected chi connectivity index (χ3v) is 4.97. The summed E-state index contributed by atoms with van der Waals surface area (Å²) >= 11 is 0.782. The largest absolute Gasteiger partial charge is 0.333 e. The summed E-state index contributed by atoms with van der Waals surface area (Å²) in [6.45, 7) is 2.10. The normalized spacial score (nSPS) is 14.0. The van der Waals surface area contributed by atoms with Crippen LogP contribution in [-0.2, 0) is 0 Å². The summed E-state index contributed by atoms with van der Waals surface area (Å²) in [5.41, 5.74) is 5.62. The summed E-state index contributed by atoms with van der Waals surface area (Å²) in [5.74, 6) is 1.78. The number of likely N-dealkylation sites (N-methyl/N-ethyl adjacent to an activating group) is 2. The first kappa shape index (κ1) is 23.7. The van der Waals surface area contributed by atoms with Crippen LogP contribution in [0.25, 0.3) is 5.69 Å². The lowest BCUT2D eigenvalue weighted by molar-refractivity contribution is 0.425. The van der Waals surface area contributed by atoms with E-state index in [1.165, 1.54) is 45.0 Å². The van der Waals surface area contributed by atoms with Crippen molar-refractivity contribution < 1.29 is 4.55 Å². The van der Waals surface area contributed by atoms with Crippen molar-refractivity contribution in [3.05, 3.63) is 42.5 Å². The molecule has 2 aromatic rings. The molecule has 1 heterocycles. The standard InChI is InChI=1S/C15H18N2OS.C4H12N2.CH5N/c18-19-14-8-6-13(7-9-14)17-11-10-16-15(17)12-4-2-1-3-5-12;1-5-3-4-6-2;1-2/h6-12,18H,1-5H2;5-6H,3-4H2,1-2H3;2H2,1H3. The number of hydrogen-bond acceptors (Lipinski definition) is 6. The van der Waals surface area contributed by atoms with Gasteiger partial charge in [-0.25, -0.2) is 4.98 Å².